The van der Waals surface area contributed by atoms with Gasteiger partial charge in [-0.3, -0.25) is 14.4 Å². The number of hydrogen-bond donors (Lipinski definition) is 2. The first-order valence-electron chi connectivity index (χ1n) is 8.33. The van der Waals surface area contributed by atoms with Crippen molar-refractivity contribution in [3.05, 3.63) is 64.7 Å². The fourth-order valence-electron chi connectivity index (χ4n) is 2.89. The smallest absolute Gasteiger partial charge is 0.237 e. The van der Waals surface area contributed by atoms with Crippen LogP contribution in [-0.2, 0) is 4.79 Å². The van der Waals surface area contributed by atoms with E-state index in [0.717, 1.165) is 0 Å². The number of fused-ring (bicyclic) bond motifs is 2. The molecule has 7 nitrogen and oxygen atoms in total. The van der Waals surface area contributed by atoms with Gasteiger partial charge in [0.15, 0.2) is 15.9 Å². The summed E-state index contributed by atoms with van der Waals surface area (Å²) in [5.41, 5.74) is 7.41. The largest absolute Gasteiger partial charge is 0.374 e. The molecule has 9 heteroatoms. The second kappa shape index (κ2) is 7.17. The molecule has 0 aliphatic heterocycles. The van der Waals surface area contributed by atoms with Crippen LogP contribution in [0.25, 0.3) is 0 Å². The Kier molecular flexibility index (Phi) is 4.70. The lowest BCUT2D eigenvalue weighted by molar-refractivity contribution is -0.115. The van der Waals surface area contributed by atoms with E-state index in [4.69, 9.17) is 5.73 Å². The van der Waals surface area contributed by atoms with Crippen LogP contribution in [0.1, 0.15) is 38.8 Å². The van der Waals surface area contributed by atoms with Crippen LogP contribution >= 0.6 is 23.1 Å². The topological polar surface area (TPSA) is 115 Å². The molecule has 0 saturated carbocycles. The minimum Gasteiger partial charge on any atom is -0.374 e. The summed E-state index contributed by atoms with van der Waals surface area (Å²) in [5, 5.41) is 10.3. The van der Waals surface area contributed by atoms with Gasteiger partial charge in [0.25, 0.3) is 0 Å². The minimum atomic E-state index is -0.443. The molecule has 1 heterocycles. The van der Waals surface area contributed by atoms with Gasteiger partial charge in [-0.2, -0.15) is 0 Å². The summed E-state index contributed by atoms with van der Waals surface area (Å²) in [6, 6.07) is 11.5. The fourth-order valence-corrected chi connectivity index (χ4v) is 4.67. The Labute approximate surface area is 168 Å². The standard InChI is InChI=1S/C19H14N4O3S2/c1-9(27-19-23-22-18(20)28-19)17(26)21-10-6-7-13-14(8-10)16(25)12-5-3-2-4-11(12)15(13)24/h2-9H,1H3,(H2,20,22)(H,21,26). The lowest BCUT2D eigenvalue weighted by atomic mass is 9.84. The molecular weight excluding hydrogens is 396 g/mol. The van der Waals surface area contributed by atoms with Crippen molar-refractivity contribution < 1.29 is 14.4 Å². The highest BCUT2D eigenvalue weighted by atomic mass is 32.2. The van der Waals surface area contributed by atoms with E-state index < -0.39 is 5.25 Å². The van der Waals surface area contributed by atoms with E-state index in [1.807, 2.05) is 0 Å². The van der Waals surface area contributed by atoms with Gasteiger partial charge >= 0.3 is 0 Å². The van der Waals surface area contributed by atoms with Crippen LogP contribution in [0.15, 0.2) is 46.8 Å². The third-order valence-corrected chi connectivity index (χ3v) is 6.20. The summed E-state index contributed by atoms with van der Waals surface area (Å²) < 4.78 is 0.600. The molecule has 1 unspecified atom stereocenters. The Hall–Kier alpha value is -3.04. The molecule has 0 radical (unpaired) electrons. The predicted octanol–water partition coefficient (Wildman–Crippen LogP) is 3.02. The number of rotatable bonds is 4. The summed E-state index contributed by atoms with van der Waals surface area (Å²) >= 11 is 2.45. The number of amides is 1. The number of carbonyl (C=O) groups is 3. The molecule has 0 bridgehead atoms. The number of anilines is 2. The van der Waals surface area contributed by atoms with Crippen molar-refractivity contribution in [1.29, 1.82) is 0 Å². The summed E-state index contributed by atoms with van der Waals surface area (Å²) in [4.78, 5) is 37.9. The highest BCUT2D eigenvalue weighted by Crippen LogP contribution is 2.30. The van der Waals surface area contributed by atoms with Crippen molar-refractivity contribution in [1.82, 2.24) is 10.2 Å². The zero-order valence-corrected chi connectivity index (χ0v) is 16.3. The first kappa shape index (κ1) is 18.3. The molecule has 0 fully saturated rings. The quantitative estimate of drug-likeness (QED) is 0.497. The Balaban J connectivity index is 1.55. The molecule has 1 aromatic heterocycles. The zero-order chi connectivity index (χ0) is 19.8. The predicted molar refractivity (Wildman–Crippen MR) is 108 cm³/mol. The molecule has 1 aliphatic carbocycles. The molecule has 2 aromatic carbocycles. The normalized spacial score (nSPS) is 13.6. The van der Waals surface area contributed by atoms with Crippen molar-refractivity contribution >= 4 is 51.4 Å². The van der Waals surface area contributed by atoms with Crippen LogP contribution in [0, 0.1) is 0 Å². The van der Waals surface area contributed by atoms with E-state index in [-0.39, 0.29) is 17.5 Å². The number of aromatic nitrogens is 2. The average molecular weight is 410 g/mol. The molecule has 140 valence electrons. The third-order valence-electron chi connectivity index (χ3n) is 4.26. The highest BCUT2D eigenvalue weighted by Gasteiger charge is 2.29. The fraction of sp³-hybridized carbons (Fsp3) is 0.105. The molecule has 28 heavy (non-hydrogen) atoms. The molecule has 3 aromatic rings. The number of ketones is 2. The Bertz CT molecular complexity index is 1130. The second-order valence-corrected chi connectivity index (χ2v) is 8.72. The zero-order valence-electron chi connectivity index (χ0n) is 14.6. The molecule has 3 N–H and O–H groups in total. The maximum atomic E-state index is 12.8. The van der Waals surface area contributed by atoms with Crippen LogP contribution in [0.3, 0.4) is 0 Å². The van der Waals surface area contributed by atoms with E-state index in [0.29, 0.717) is 37.4 Å². The number of hydrogen-bond acceptors (Lipinski definition) is 8. The van der Waals surface area contributed by atoms with Gasteiger partial charge in [-0.15, -0.1) is 10.2 Å². The number of benzene rings is 2. The van der Waals surface area contributed by atoms with Crippen molar-refractivity contribution in [2.45, 2.75) is 16.5 Å². The van der Waals surface area contributed by atoms with E-state index >= 15 is 0 Å². The van der Waals surface area contributed by atoms with E-state index in [1.165, 1.54) is 23.1 Å². The van der Waals surface area contributed by atoms with Gasteiger partial charge < -0.3 is 11.1 Å². The molecule has 4 rings (SSSR count). The summed E-state index contributed by atoms with van der Waals surface area (Å²) in [6.45, 7) is 1.74. The van der Waals surface area contributed by atoms with Gasteiger partial charge in [-0.1, -0.05) is 47.4 Å². The van der Waals surface area contributed by atoms with Gasteiger partial charge in [0, 0.05) is 27.9 Å². The van der Waals surface area contributed by atoms with Crippen molar-refractivity contribution in [2.24, 2.45) is 0 Å². The lowest BCUT2D eigenvalue weighted by Gasteiger charge is -2.18. The molecule has 1 amide bonds. The van der Waals surface area contributed by atoms with E-state index in [9.17, 15) is 14.4 Å². The van der Waals surface area contributed by atoms with Crippen LogP contribution in [0.4, 0.5) is 10.8 Å². The summed E-state index contributed by atoms with van der Waals surface area (Å²) in [5.74, 6) is -0.678. The molecule has 1 aliphatic rings. The second-order valence-electron chi connectivity index (χ2n) is 6.12. The number of carbonyl (C=O) groups excluding carboxylic acids is 3. The van der Waals surface area contributed by atoms with Crippen molar-refractivity contribution in [3.8, 4) is 0 Å². The molecular formula is C19H14N4O3S2. The SMILES string of the molecule is CC(Sc1nnc(N)s1)C(=O)Nc1ccc2c(c1)C(=O)c1ccccc1C2=O. The van der Waals surface area contributed by atoms with Crippen LogP contribution in [0.5, 0.6) is 0 Å². The van der Waals surface area contributed by atoms with Crippen molar-refractivity contribution in [3.63, 3.8) is 0 Å². The summed E-state index contributed by atoms with van der Waals surface area (Å²) in [7, 11) is 0. The van der Waals surface area contributed by atoms with Gasteiger partial charge in [-0.25, -0.2) is 0 Å². The Morgan fingerprint density at radius 1 is 1.04 bits per heavy atom. The third kappa shape index (κ3) is 3.30. The average Bonchev–Trinajstić information content (AvgIpc) is 3.10. The van der Waals surface area contributed by atoms with Crippen LogP contribution in [-0.4, -0.2) is 32.9 Å². The summed E-state index contributed by atoms with van der Waals surface area (Å²) in [6.07, 6.45) is 0. The van der Waals surface area contributed by atoms with Gasteiger partial charge in [0.2, 0.25) is 11.0 Å². The van der Waals surface area contributed by atoms with Crippen LogP contribution in [0.2, 0.25) is 0 Å². The molecule has 0 saturated heterocycles. The lowest BCUT2D eigenvalue weighted by Crippen LogP contribution is -2.24. The minimum absolute atomic E-state index is 0.194. The van der Waals surface area contributed by atoms with Gasteiger partial charge in [-0.05, 0) is 25.1 Å². The van der Waals surface area contributed by atoms with Gasteiger partial charge in [0.1, 0.15) is 0 Å². The number of nitrogens with one attached hydrogen (secondary N) is 1. The van der Waals surface area contributed by atoms with E-state index in [1.54, 1.807) is 49.4 Å². The Morgan fingerprint density at radius 2 is 1.68 bits per heavy atom. The maximum Gasteiger partial charge on any atom is 0.237 e. The molecule has 1 atom stereocenters. The number of nitrogens with two attached hydrogens (primary N) is 1. The van der Waals surface area contributed by atoms with E-state index in [2.05, 4.69) is 15.5 Å². The first-order chi connectivity index (χ1) is 13.4. The van der Waals surface area contributed by atoms with Crippen molar-refractivity contribution in [2.75, 3.05) is 11.1 Å². The highest BCUT2D eigenvalue weighted by molar-refractivity contribution is 8.02. The molecule has 0 spiro atoms. The maximum absolute atomic E-state index is 12.8. The Morgan fingerprint density at radius 3 is 2.32 bits per heavy atom. The number of nitrogen functional groups attached to an aromatic ring is 1. The monoisotopic (exact) mass is 410 g/mol. The number of nitrogens with zero attached hydrogens (tertiary/aromatic N) is 2. The van der Waals surface area contributed by atoms with Crippen LogP contribution < -0.4 is 11.1 Å². The van der Waals surface area contributed by atoms with Gasteiger partial charge in [0.05, 0.1) is 5.25 Å². The number of thioether (sulfide) groups is 1. The first-order valence-corrected chi connectivity index (χ1v) is 10.0.